The van der Waals surface area contributed by atoms with Crippen molar-refractivity contribution in [3.8, 4) is 17.1 Å². The van der Waals surface area contributed by atoms with Crippen LogP contribution in [0.4, 0.5) is 4.79 Å². The van der Waals surface area contributed by atoms with Gasteiger partial charge < -0.3 is 14.6 Å². The van der Waals surface area contributed by atoms with E-state index in [9.17, 15) is 4.79 Å². The van der Waals surface area contributed by atoms with Gasteiger partial charge in [0.2, 0.25) is 5.82 Å². The molecule has 4 rings (SSSR count). The maximum Gasteiger partial charge on any atom is 0.322 e. The van der Waals surface area contributed by atoms with Gasteiger partial charge in [-0.2, -0.15) is 4.98 Å². The lowest BCUT2D eigenvalue weighted by Gasteiger charge is -2.35. The number of nitrogens with zero attached hydrogens (tertiary/aromatic N) is 3. The SMILES string of the molecule is CCCCCN1C(=O)NC(c2ccc(Cl)cc2)C(c2nc(-c3ccc(OC)cc3)no2)=C1C. The fraction of sp³-hybridized carbons (Fsp3) is 0.320. The van der Waals surface area contributed by atoms with Gasteiger partial charge in [0.1, 0.15) is 5.75 Å². The molecule has 1 aliphatic heterocycles. The fourth-order valence-electron chi connectivity index (χ4n) is 3.94. The number of halogens is 1. The topological polar surface area (TPSA) is 80.5 Å². The van der Waals surface area contributed by atoms with Gasteiger partial charge in [0, 0.05) is 22.8 Å². The summed E-state index contributed by atoms with van der Waals surface area (Å²) >= 11 is 6.09. The van der Waals surface area contributed by atoms with Crippen LogP contribution in [0.2, 0.25) is 5.02 Å². The Balaban J connectivity index is 1.74. The van der Waals surface area contributed by atoms with E-state index in [4.69, 9.17) is 20.9 Å². The van der Waals surface area contributed by atoms with Gasteiger partial charge in [0.05, 0.1) is 18.7 Å². The van der Waals surface area contributed by atoms with Crippen LogP contribution in [0.5, 0.6) is 5.75 Å². The zero-order valence-electron chi connectivity index (χ0n) is 19.0. The summed E-state index contributed by atoms with van der Waals surface area (Å²) in [5.41, 5.74) is 3.28. The lowest BCUT2D eigenvalue weighted by molar-refractivity contribution is 0.204. The number of nitrogens with one attached hydrogen (secondary N) is 1. The maximum absolute atomic E-state index is 13.0. The minimum atomic E-state index is -0.429. The molecule has 1 unspecified atom stereocenters. The molecule has 0 radical (unpaired) electrons. The van der Waals surface area contributed by atoms with Gasteiger partial charge in [-0.05, 0) is 55.3 Å². The van der Waals surface area contributed by atoms with E-state index in [1.54, 1.807) is 24.1 Å². The summed E-state index contributed by atoms with van der Waals surface area (Å²) in [7, 11) is 1.62. The Morgan fingerprint density at radius 3 is 2.52 bits per heavy atom. The number of allylic oxidation sites excluding steroid dienone is 1. The summed E-state index contributed by atoms with van der Waals surface area (Å²) in [6, 6.07) is 14.3. The lowest BCUT2D eigenvalue weighted by atomic mass is 9.94. The van der Waals surface area contributed by atoms with Gasteiger partial charge in [0.25, 0.3) is 5.89 Å². The molecule has 0 bridgehead atoms. The third-order valence-electron chi connectivity index (χ3n) is 5.79. The molecule has 33 heavy (non-hydrogen) atoms. The third-order valence-corrected chi connectivity index (χ3v) is 6.04. The first kappa shape index (κ1) is 22.9. The Kier molecular flexibility index (Phi) is 6.99. The lowest BCUT2D eigenvalue weighted by Crippen LogP contribution is -2.46. The van der Waals surface area contributed by atoms with Crippen LogP contribution >= 0.6 is 11.6 Å². The van der Waals surface area contributed by atoms with Crippen molar-refractivity contribution in [1.82, 2.24) is 20.4 Å². The second kappa shape index (κ2) is 10.1. The van der Waals surface area contributed by atoms with Gasteiger partial charge in [-0.15, -0.1) is 0 Å². The summed E-state index contributed by atoms with van der Waals surface area (Å²) in [5, 5.41) is 7.94. The summed E-state index contributed by atoms with van der Waals surface area (Å²) < 4.78 is 10.9. The summed E-state index contributed by atoms with van der Waals surface area (Å²) in [6.07, 6.45) is 3.05. The van der Waals surface area contributed by atoms with E-state index in [0.29, 0.717) is 23.3 Å². The van der Waals surface area contributed by atoms with E-state index in [-0.39, 0.29) is 6.03 Å². The molecule has 0 spiro atoms. The van der Waals surface area contributed by atoms with Gasteiger partial charge in [-0.3, -0.25) is 4.90 Å². The highest BCUT2D eigenvalue weighted by Crippen LogP contribution is 2.37. The number of methoxy groups -OCH3 is 1. The second-order valence-electron chi connectivity index (χ2n) is 7.94. The molecule has 172 valence electrons. The largest absolute Gasteiger partial charge is 0.497 e. The Morgan fingerprint density at radius 2 is 1.85 bits per heavy atom. The van der Waals surface area contributed by atoms with Crippen LogP contribution < -0.4 is 10.1 Å². The molecule has 0 saturated carbocycles. The van der Waals surface area contributed by atoms with Crippen molar-refractivity contribution in [3.05, 3.63) is 70.7 Å². The molecule has 1 N–H and O–H groups in total. The van der Waals surface area contributed by atoms with Gasteiger partial charge in [0.15, 0.2) is 0 Å². The molecule has 2 aromatic carbocycles. The van der Waals surface area contributed by atoms with Crippen molar-refractivity contribution in [3.63, 3.8) is 0 Å². The monoisotopic (exact) mass is 466 g/mol. The molecule has 2 heterocycles. The average molecular weight is 467 g/mol. The standard InChI is InChI=1S/C25H27ClN4O3/c1-4-5-6-15-30-16(2)21(22(27-25(30)31)17-7-11-19(26)12-8-17)24-28-23(29-33-24)18-9-13-20(32-3)14-10-18/h7-14,22H,4-6,15H2,1-3H3,(H,27,31). The van der Waals surface area contributed by atoms with Crippen molar-refractivity contribution >= 4 is 23.2 Å². The summed E-state index contributed by atoms with van der Waals surface area (Å²) in [6.45, 7) is 4.70. The van der Waals surface area contributed by atoms with Crippen LogP contribution in [0, 0.1) is 0 Å². The zero-order valence-corrected chi connectivity index (χ0v) is 19.7. The highest BCUT2D eigenvalue weighted by Gasteiger charge is 2.35. The maximum atomic E-state index is 13.0. The first-order chi connectivity index (χ1) is 16.0. The van der Waals surface area contributed by atoms with Crippen LogP contribution in [0.1, 0.15) is 50.6 Å². The predicted molar refractivity (Wildman–Crippen MR) is 128 cm³/mol. The minimum Gasteiger partial charge on any atom is -0.497 e. The molecule has 2 amide bonds. The number of benzene rings is 2. The van der Waals surface area contributed by atoms with Crippen molar-refractivity contribution < 1.29 is 14.1 Å². The predicted octanol–water partition coefficient (Wildman–Crippen LogP) is 6.09. The van der Waals surface area contributed by atoms with Crippen molar-refractivity contribution in [1.29, 1.82) is 0 Å². The van der Waals surface area contributed by atoms with Gasteiger partial charge >= 0.3 is 6.03 Å². The zero-order chi connectivity index (χ0) is 23.4. The molecule has 1 aromatic heterocycles. The van der Waals surface area contributed by atoms with E-state index >= 15 is 0 Å². The Bertz CT molecular complexity index is 1140. The molecule has 3 aromatic rings. The second-order valence-corrected chi connectivity index (χ2v) is 8.38. The molecule has 1 aliphatic rings. The van der Waals surface area contributed by atoms with Crippen LogP contribution in [0.3, 0.4) is 0 Å². The first-order valence-corrected chi connectivity index (χ1v) is 11.4. The Morgan fingerprint density at radius 1 is 1.12 bits per heavy atom. The van der Waals surface area contributed by atoms with Crippen LogP contribution in [0.15, 0.2) is 58.8 Å². The number of carbonyl (C=O) groups excluding carboxylic acids is 1. The molecule has 0 aliphatic carbocycles. The van der Waals surface area contributed by atoms with E-state index < -0.39 is 6.04 Å². The average Bonchev–Trinajstić information content (AvgIpc) is 3.31. The van der Waals surface area contributed by atoms with E-state index in [1.807, 2.05) is 43.3 Å². The van der Waals surface area contributed by atoms with Gasteiger partial charge in [-0.25, -0.2) is 4.79 Å². The number of ether oxygens (including phenoxy) is 1. The number of aromatic nitrogens is 2. The summed E-state index contributed by atoms with van der Waals surface area (Å²) in [4.78, 5) is 19.4. The highest BCUT2D eigenvalue weighted by molar-refractivity contribution is 6.30. The van der Waals surface area contributed by atoms with E-state index in [1.165, 1.54) is 0 Å². The Labute approximate surface area is 198 Å². The van der Waals surface area contributed by atoms with Gasteiger partial charge in [-0.1, -0.05) is 48.7 Å². The quantitative estimate of drug-likeness (QED) is 0.406. The third kappa shape index (κ3) is 4.88. The number of hydrogen-bond acceptors (Lipinski definition) is 5. The molecule has 0 saturated heterocycles. The normalized spacial score (nSPS) is 16.2. The molecule has 1 atom stereocenters. The molecule has 0 fully saturated rings. The van der Waals surface area contributed by atoms with Crippen LogP contribution in [0.25, 0.3) is 17.0 Å². The number of urea groups is 1. The number of carbonyl (C=O) groups is 1. The molecule has 8 heteroatoms. The van der Waals surface area contributed by atoms with Crippen LogP contribution in [-0.4, -0.2) is 34.7 Å². The van der Waals surface area contributed by atoms with E-state index in [0.717, 1.165) is 47.4 Å². The molecular formula is C25H27ClN4O3. The smallest absolute Gasteiger partial charge is 0.322 e. The van der Waals surface area contributed by atoms with Crippen LogP contribution in [-0.2, 0) is 0 Å². The Hall–Kier alpha value is -3.32. The number of unbranched alkanes of at least 4 members (excludes halogenated alkanes) is 2. The molecular weight excluding hydrogens is 440 g/mol. The fourth-order valence-corrected chi connectivity index (χ4v) is 4.07. The minimum absolute atomic E-state index is 0.137. The highest BCUT2D eigenvalue weighted by atomic mass is 35.5. The molecule has 7 nitrogen and oxygen atoms in total. The number of rotatable bonds is 8. The van der Waals surface area contributed by atoms with E-state index in [2.05, 4.69) is 22.4 Å². The summed E-state index contributed by atoms with van der Waals surface area (Å²) in [5.74, 6) is 1.59. The van der Waals surface area contributed by atoms with Crippen molar-refractivity contribution in [2.24, 2.45) is 0 Å². The number of hydrogen-bond donors (Lipinski definition) is 1. The van der Waals surface area contributed by atoms with Crippen molar-refractivity contribution in [2.75, 3.05) is 13.7 Å². The first-order valence-electron chi connectivity index (χ1n) is 11.0. The number of amides is 2. The van der Waals surface area contributed by atoms with Crippen molar-refractivity contribution in [2.45, 2.75) is 39.2 Å².